The lowest BCUT2D eigenvalue weighted by molar-refractivity contribution is -0.138. The van der Waals surface area contributed by atoms with Crippen LogP contribution in [-0.4, -0.2) is 37.7 Å². The van der Waals surface area contributed by atoms with Gasteiger partial charge in [0.15, 0.2) is 6.61 Å². The van der Waals surface area contributed by atoms with Crippen LogP contribution >= 0.6 is 0 Å². The number of carbonyl (C=O) groups is 2. The van der Waals surface area contributed by atoms with Crippen LogP contribution in [0.4, 0.5) is 24.5 Å². The van der Waals surface area contributed by atoms with Crippen molar-refractivity contribution in [2.45, 2.75) is 6.18 Å². The maximum absolute atomic E-state index is 12.0. The fraction of sp³-hybridized carbons (Fsp3) is 0.333. The van der Waals surface area contributed by atoms with E-state index in [1.54, 1.807) is 11.4 Å². The molecule has 2 rings (SSSR count). The molecule has 0 aromatic heterocycles. The first kappa shape index (κ1) is 14.9. The molecule has 1 aromatic rings. The van der Waals surface area contributed by atoms with E-state index in [4.69, 9.17) is 10.5 Å². The van der Waals surface area contributed by atoms with Gasteiger partial charge in [-0.2, -0.15) is 13.2 Å². The molecule has 1 aliphatic heterocycles. The smallest absolute Gasteiger partial charge is 0.405 e. The van der Waals surface area contributed by atoms with Crippen molar-refractivity contribution in [1.82, 2.24) is 5.32 Å². The van der Waals surface area contributed by atoms with Crippen LogP contribution < -0.4 is 20.7 Å². The van der Waals surface area contributed by atoms with E-state index in [1.165, 1.54) is 12.1 Å². The molecule has 0 aliphatic carbocycles. The molecule has 0 saturated heterocycles. The number of alkyl halides is 3. The molecule has 0 unspecified atom stereocenters. The Labute approximate surface area is 117 Å². The number of hydrogen-bond donors (Lipinski definition) is 2. The predicted octanol–water partition coefficient (Wildman–Crippen LogP) is 0.673. The summed E-state index contributed by atoms with van der Waals surface area (Å²) in [4.78, 5) is 24.3. The maximum Gasteiger partial charge on any atom is 0.405 e. The van der Waals surface area contributed by atoms with Gasteiger partial charge >= 0.3 is 6.18 Å². The number of hydrogen-bond acceptors (Lipinski definition) is 4. The second-order valence-electron chi connectivity index (χ2n) is 4.39. The zero-order chi connectivity index (χ0) is 15.6. The summed E-state index contributed by atoms with van der Waals surface area (Å²) in [5.41, 5.74) is 6.19. The number of nitrogens with two attached hydrogens (primary N) is 1. The molecule has 114 valence electrons. The Morgan fingerprint density at radius 2 is 2.14 bits per heavy atom. The van der Waals surface area contributed by atoms with Crippen molar-refractivity contribution in [3.05, 3.63) is 18.2 Å². The number of amides is 2. The minimum absolute atomic E-state index is 0.258. The van der Waals surface area contributed by atoms with Crippen LogP contribution in [0, 0.1) is 0 Å². The summed E-state index contributed by atoms with van der Waals surface area (Å²) in [6, 6.07) is 4.50. The van der Waals surface area contributed by atoms with Crippen molar-refractivity contribution >= 4 is 23.2 Å². The first-order valence-electron chi connectivity index (χ1n) is 5.92. The van der Waals surface area contributed by atoms with Gasteiger partial charge in [-0.1, -0.05) is 0 Å². The summed E-state index contributed by atoms with van der Waals surface area (Å²) in [6.45, 7) is -2.27. The first-order chi connectivity index (χ1) is 9.76. The highest BCUT2D eigenvalue weighted by atomic mass is 19.4. The molecule has 0 fully saturated rings. The molecular formula is C12H12F3N3O3. The zero-order valence-corrected chi connectivity index (χ0v) is 10.7. The number of ether oxygens (including phenoxy) is 1. The summed E-state index contributed by atoms with van der Waals surface area (Å²) >= 11 is 0. The van der Waals surface area contributed by atoms with E-state index in [2.05, 4.69) is 0 Å². The Morgan fingerprint density at radius 3 is 2.81 bits per heavy atom. The van der Waals surface area contributed by atoms with Gasteiger partial charge < -0.3 is 15.8 Å². The molecule has 1 aliphatic rings. The van der Waals surface area contributed by atoms with E-state index in [0.717, 1.165) is 4.90 Å². The van der Waals surface area contributed by atoms with Gasteiger partial charge in [0.05, 0.1) is 5.69 Å². The summed E-state index contributed by atoms with van der Waals surface area (Å²) in [7, 11) is 0. The van der Waals surface area contributed by atoms with Crippen LogP contribution in [0.25, 0.3) is 0 Å². The largest absolute Gasteiger partial charge is 0.482 e. The zero-order valence-electron chi connectivity index (χ0n) is 10.7. The van der Waals surface area contributed by atoms with Gasteiger partial charge in [0.2, 0.25) is 5.91 Å². The Balaban J connectivity index is 2.11. The van der Waals surface area contributed by atoms with E-state index in [0.29, 0.717) is 11.4 Å². The van der Waals surface area contributed by atoms with Crippen LogP contribution in [0.5, 0.6) is 5.75 Å². The van der Waals surface area contributed by atoms with Crippen molar-refractivity contribution in [2.24, 2.45) is 0 Å². The Kier molecular flexibility index (Phi) is 3.92. The SMILES string of the molecule is Nc1ccc2c(c1)N(CC(=O)NCC(F)(F)F)C(=O)CO2. The molecule has 0 atom stereocenters. The highest BCUT2D eigenvalue weighted by molar-refractivity contribution is 6.02. The normalized spacial score (nSPS) is 14.4. The Morgan fingerprint density at radius 1 is 1.43 bits per heavy atom. The standard InChI is InChI=1S/C12H12F3N3O3/c13-12(14,15)6-17-10(19)4-18-8-3-7(16)1-2-9(8)21-5-11(18)20/h1-3H,4-6,16H2,(H,17,19). The summed E-state index contributed by atoms with van der Waals surface area (Å²) < 4.78 is 41.3. The van der Waals surface area contributed by atoms with Crippen LogP contribution in [0.15, 0.2) is 18.2 Å². The summed E-state index contributed by atoms with van der Waals surface area (Å²) in [5.74, 6) is -1.11. The van der Waals surface area contributed by atoms with Crippen molar-refractivity contribution in [2.75, 3.05) is 30.3 Å². The van der Waals surface area contributed by atoms with Crippen molar-refractivity contribution < 1.29 is 27.5 Å². The number of nitrogen functional groups attached to an aromatic ring is 1. The van der Waals surface area contributed by atoms with Crippen LogP contribution in [0.2, 0.25) is 0 Å². The second kappa shape index (κ2) is 5.51. The number of halogens is 3. The number of fused-ring (bicyclic) bond motifs is 1. The quantitative estimate of drug-likeness (QED) is 0.804. The molecule has 6 nitrogen and oxygen atoms in total. The molecule has 3 N–H and O–H groups in total. The molecule has 0 saturated carbocycles. The van der Waals surface area contributed by atoms with Crippen molar-refractivity contribution in [3.63, 3.8) is 0 Å². The molecule has 9 heteroatoms. The van der Waals surface area contributed by atoms with Crippen molar-refractivity contribution in [1.29, 1.82) is 0 Å². The molecule has 1 heterocycles. The average molecular weight is 303 g/mol. The number of benzene rings is 1. The molecule has 0 bridgehead atoms. The van der Waals surface area contributed by atoms with Crippen LogP contribution in [-0.2, 0) is 9.59 Å². The minimum Gasteiger partial charge on any atom is -0.482 e. The van der Waals surface area contributed by atoms with Gasteiger partial charge in [-0.25, -0.2) is 0 Å². The monoisotopic (exact) mass is 303 g/mol. The van der Waals surface area contributed by atoms with E-state index in [1.807, 2.05) is 0 Å². The lowest BCUT2D eigenvalue weighted by Crippen LogP contribution is -2.46. The summed E-state index contributed by atoms with van der Waals surface area (Å²) in [6.07, 6.45) is -4.51. The second-order valence-corrected chi connectivity index (χ2v) is 4.39. The number of anilines is 2. The lowest BCUT2D eigenvalue weighted by atomic mass is 10.2. The number of nitrogens with zero attached hydrogens (tertiary/aromatic N) is 1. The van der Waals surface area contributed by atoms with E-state index in [-0.39, 0.29) is 12.3 Å². The van der Waals surface area contributed by atoms with Crippen molar-refractivity contribution in [3.8, 4) is 5.75 Å². The number of rotatable bonds is 3. The predicted molar refractivity (Wildman–Crippen MR) is 67.8 cm³/mol. The molecule has 21 heavy (non-hydrogen) atoms. The maximum atomic E-state index is 12.0. The Hall–Kier alpha value is -2.45. The van der Waals surface area contributed by atoms with Gasteiger partial charge in [-0.15, -0.1) is 0 Å². The van der Waals surface area contributed by atoms with Crippen LogP contribution in [0.3, 0.4) is 0 Å². The molecule has 0 spiro atoms. The number of nitrogens with one attached hydrogen (secondary N) is 1. The Bertz CT molecular complexity index is 575. The third-order valence-corrected chi connectivity index (χ3v) is 2.71. The van der Waals surface area contributed by atoms with E-state index >= 15 is 0 Å². The topological polar surface area (TPSA) is 84.7 Å². The minimum atomic E-state index is -4.51. The fourth-order valence-electron chi connectivity index (χ4n) is 1.79. The van der Waals surface area contributed by atoms with E-state index < -0.39 is 31.1 Å². The number of carbonyl (C=O) groups excluding carboxylic acids is 2. The van der Waals surface area contributed by atoms with Gasteiger partial charge in [-0.05, 0) is 18.2 Å². The first-order valence-corrected chi connectivity index (χ1v) is 5.92. The third kappa shape index (κ3) is 3.77. The molecule has 0 radical (unpaired) electrons. The highest BCUT2D eigenvalue weighted by Crippen LogP contribution is 2.33. The molecule has 2 amide bonds. The van der Waals surface area contributed by atoms with E-state index in [9.17, 15) is 22.8 Å². The lowest BCUT2D eigenvalue weighted by Gasteiger charge is -2.29. The third-order valence-electron chi connectivity index (χ3n) is 2.71. The van der Waals surface area contributed by atoms with Gasteiger partial charge in [-0.3, -0.25) is 14.5 Å². The van der Waals surface area contributed by atoms with Crippen LogP contribution in [0.1, 0.15) is 0 Å². The fourth-order valence-corrected chi connectivity index (χ4v) is 1.79. The molecule has 1 aromatic carbocycles. The van der Waals surface area contributed by atoms with Gasteiger partial charge in [0.25, 0.3) is 5.91 Å². The van der Waals surface area contributed by atoms with Gasteiger partial charge in [0, 0.05) is 5.69 Å². The average Bonchev–Trinajstić information content (AvgIpc) is 2.39. The highest BCUT2D eigenvalue weighted by Gasteiger charge is 2.30. The summed E-state index contributed by atoms with van der Waals surface area (Å²) in [5, 5.41) is 1.71. The molecular weight excluding hydrogens is 291 g/mol. The van der Waals surface area contributed by atoms with Gasteiger partial charge in [0.1, 0.15) is 18.8 Å².